The summed E-state index contributed by atoms with van der Waals surface area (Å²) < 4.78 is 9.97. The molecule has 0 saturated heterocycles. The van der Waals surface area contributed by atoms with Gasteiger partial charge >= 0.3 is 11.9 Å². The monoisotopic (exact) mass is 240 g/mol. The van der Waals surface area contributed by atoms with Gasteiger partial charge in [-0.15, -0.1) is 0 Å². The first kappa shape index (κ1) is 12.8. The van der Waals surface area contributed by atoms with E-state index in [4.69, 9.17) is 19.7 Å². The van der Waals surface area contributed by atoms with Crippen LogP contribution in [0.5, 0.6) is 11.5 Å². The molecule has 1 rings (SSSR count). The molecule has 0 aliphatic carbocycles. The maximum absolute atomic E-state index is 11.1. The quantitative estimate of drug-likeness (QED) is 0.826. The highest BCUT2D eigenvalue weighted by atomic mass is 16.5. The Labute approximate surface area is 97.4 Å². The molecule has 6 nitrogen and oxygen atoms in total. The first-order valence-electron chi connectivity index (χ1n) is 4.66. The summed E-state index contributed by atoms with van der Waals surface area (Å²) >= 11 is 0. The van der Waals surface area contributed by atoms with Crippen molar-refractivity contribution in [2.45, 2.75) is 6.92 Å². The number of carboxylic acids is 2. The topological polar surface area (TPSA) is 93.1 Å². The lowest BCUT2D eigenvalue weighted by molar-refractivity contribution is 0.0650. The maximum Gasteiger partial charge on any atom is 0.336 e. The Balaban J connectivity index is 3.67. The van der Waals surface area contributed by atoms with Crippen LogP contribution in [0.4, 0.5) is 0 Å². The zero-order valence-electron chi connectivity index (χ0n) is 9.60. The number of carboxylic acid groups (broad SMARTS) is 2. The zero-order chi connectivity index (χ0) is 13.2. The lowest BCUT2D eigenvalue weighted by atomic mass is 10.00. The van der Waals surface area contributed by atoms with E-state index in [1.807, 2.05) is 0 Å². The highest BCUT2D eigenvalue weighted by Crippen LogP contribution is 2.35. The molecule has 0 heterocycles. The molecule has 2 N–H and O–H groups in total. The Morgan fingerprint density at radius 1 is 1.12 bits per heavy atom. The fraction of sp³-hybridized carbons (Fsp3) is 0.273. The molecule has 0 aliphatic heterocycles. The van der Waals surface area contributed by atoms with Crippen molar-refractivity contribution < 1.29 is 29.3 Å². The van der Waals surface area contributed by atoms with Crippen LogP contribution in [0.3, 0.4) is 0 Å². The van der Waals surface area contributed by atoms with Gasteiger partial charge in [-0.05, 0) is 13.0 Å². The van der Waals surface area contributed by atoms with E-state index in [-0.39, 0.29) is 28.2 Å². The smallest absolute Gasteiger partial charge is 0.336 e. The summed E-state index contributed by atoms with van der Waals surface area (Å²) in [7, 11) is 2.71. The maximum atomic E-state index is 11.1. The SMILES string of the molecule is COc1cc(C(=O)O)c(C(=O)O)c(C)c1OC. The fourth-order valence-electron chi connectivity index (χ4n) is 1.62. The van der Waals surface area contributed by atoms with Crippen molar-refractivity contribution in [2.24, 2.45) is 0 Å². The minimum atomic E-state index is -1.33. The van der Waals surface area contributed by atoms with E-state index >= 15 is 0 Å². The third-order valence-electron chi connectivity index (χ3n) is 2.35. The van der Waals surface area contributed by atoms with Crippen LogP contribution < -0.4 is 9.47 Å². The summed E-state index contributed by atoms with van der Waals surface area (Å²) in [6.45, 7) is 1.47. The van der Waals surface area contributed by atoms with Crippen LogP contribution in [0, 0.1) is 6.92 Å². The first-order valence-corrected chi connectivity index (χ1v) is 4.66. The second-order valence-electron chi connectivity index (χ2n) is 3.27. The molecule has 1 aromatic carbocycles. The van der Waals surface area contributed by atoms with Crippen molar-refractivity contribution in [3.8, 4) is 11.5 Å². The van der Waals surface area contributed by atoms with Crippen LogP contribution in [-0.4, -0.2) is 36.4 Å². The highest BCUT2D eigenvalue weighted by Gasteiger charge is 2.24. The van der Waals surface area contributed by atoms with Gasteiger partial charge in [0.2, 0.25) is 0 Å². The van der Waals surface area contributed by atoms with E-state index in [0.717, 1.165) is 6.07 Å². The molecule has 0 spiro atoms. The minimum Gasteiger partial charge on any atom is -0.493 e. The predicted molar refractivity (Wildman–Crippen MR) is 58.2 cm³/mol. The standard InChI is InChI=1S/C11H12O6/c1-5-8(11(14)15)6(10(12)13)4-7(16-2)9(5)17-3/h4H,1-3H3,(H,12,13)(H,14,15). The number of benzene rings is 1. The summed E-state index contributed by atoms with van der Waals surface area (Å²) in [6.07, 6.45) is 0. The summed E-state index contributed by atoms with van der Waals surface area (Å²) in [5, 5.41) is 18.0. The molecule has 6 heteroatoms. The minimum absolute atomic E-state index is 0.187. The van der Waals surface area contributed by atoms with Gasteiger partial charge in [0.15, 0.2) is 11.5 Å². The fourth-order valence-corrected chi connectivity index (χ4v) is 1.62. The summed E-state index contributed by atoms with van der Waals surface area (Å²) in [4.78, 5) is 22.0. The van der Waals surface area contributed by atoms with Crippen LogP contribution in [0.1, 0.15) is 26.3 Å². The second-order valence-corrected chi connectivity index (χ2v) is 3.27. The van der Waals surface area contributed by atoms with Crippen molar-refractivity contribution in [2.75, 3.05) is 14.2 Å². The van der Waals surface area contributed by atoms with E-state index in [0.29, 0.717) is 0 Å². The summed E-state index contributed by atoms with van der Waals surface area (Å²) in [5.41, 5.74) is -0.403. The van der Waals surface area contributed by atoms with Gasteiger partial charge in [0.05, 0.1) is 25.3 Å². The number of carbonyl (C=O) groups is 2. The van der Waals surface area contributed by atoms with Gasteiger partial charge in [-0.3, -0.25) is 0 Å². The Morgan fingerprint density at radius 2 is 1.71 bits per heavy atom. The Bertz CT molecular complexity index is 477. The van der Waals surface area contributed by atoms with Crippen LogP contribution in [-0.2, 0) is 0 Å². The molecule has 0 aliphatic rings. The van der Waals surface area contributed by atoms with Crippen LogP contribution >= 0.6 is 0 Å². The lowest BCUT2D eigenvalue weighted by Gasteiger charge is -2.14. The molecule has 0 bridgehead atoms. The molecule has 0 amide bonds. The van der Waals surface area contributed by atoms with E-state index in [1.165, 1.54) is 21.1 Å². The molecule has 0 fully saturated rings. The molecular formula is C11H12O6. The van der Waals surface area contributed by atoms with Gasteiger partial charge in [0, 0.05) is 5.56 Å². The predicted octanol–water partition coefficient (Wildman–Crippen LogP) is 1.41. The molecule has 92 valence electrons. The number of rotatable bonds is 4. The van der Waals surface area contributed by atoms with Crippen molar-refractivity contribution in [3.05, 3.63) is 22.8 Å². The van der Waals surface area contributed by atoms with E-state index < -0.39 is 11.9 Å². The molecule has 0 saturated carbocycles. The largest absolute Gasteiger partial charge is 0.493 e. The molecule has 0 aromatic heterocycles. The number of hydrogen-bond acceptors (Lipinski definition) is 4. The summed E-state index contributed by atoms with van der Waals surface area (Å²) in [6, 6.07) is 1.14. The van der Waals surface area contributed by atoms with Gasteiger partial charge in [-0.25, -0.2) is 9.59 Å². The third-order valence-corrected chi connectivity index (χ3v) is 2.35. The Hall–Kier alpha value is -2.24. The zero-order valence-corrected chi connectivity index (χ0v) is 9.60. The number of methoxy groups -OCH3 is 2. The number of ether oxygens (including phenoxy) is 2. The van der Waals surface area contributed by atoms with Gasteiger partial charge in [-0.2, -0.15) is 0 Å². The lowest BCUT2D eigenvalue weighted by Crippen LogP contribution is -2.12. The first-order chi connectivity index (χ1) is 7.93. The second kappa shape index (κ2) is 4.73. The Kier molecular flexibility index (Phi) is 3.57. The van der Waals surface area contributed by atoms with Gasteiger partial charge < -0.3 is 19.7 Å². The number of aromatic carboxylic acids is 2. The normalized spacial score (nSPS) is 9.82. The van der Waals surface area contributed by atoms with E-state index in [1.54, 1.807) is 0 Å². The molecule has 0 radical (unpaired) electrons. The third kappa shape index (κ3) is 2.15. The van der Waals surface area contributed by atoms with E-state index in [2.05, 4.69) is 0 Å². The van der Waals surface area contributed by atoms with Crippen LogP contribution in [0.25, 0.3) is 0 Å². The van der Waals surface area contributed by atoms with Gasteiger partial charge in [0.1, 0.15) is 0 Å². The van der Waals surface area contributed by atoms with Crippen molar-refractivity contribution in [1.29, 1.82) is 0 Å². The Morgan fingerprint density at radius 3 is 2.06 bits per heavy atom. The molecule has 0 unspecified atom stereocenters. The molecule has 0 atom stereocenters. The molecule has 1 aromatic rings. The highest BCUT2D eigenvalue weighted by molar-refractivity contribution is 6.04. The van der Waals surface area contributed by atoms with Crippen LogP contribution in [0.15, 0.2) is 6.07 Å². The van der Waals surface area contributed by atoms with Gasteiger partial charge in [-0.1, -0.05) is 0 Å². The van der Waals surface area contributed by atoms with Crippen LogP contribution in [0.2, 0.25) is 0 Å². The van der Waals surface area contributed by atoms with E-state index in [9.17, 15) is 9.59 Å². The van der Waals surface area contributed by atoms with Crippen molar-refractivity contribution >= 4 is 11.9 Å². The van der Waals surface area contributed by atoms with Crippen molar-refractivity contribution in [1.82, 2.24) is 0 Å². The average molecular weight is 240 g/mol. The number of hydrogen-bond donors (Lipinski definition) is 2. The average Bonchev–Trinajstić information content (AvgIpc) is 2.26. The molecule has 17 heavy (non-hydrogen) atoms. The van der Waals surface area contributed by atoms with Crippen molar-refractivity contribution in [3.63, 3.8) is 0 Å². The van der Waals surface area contributed by atoms with Gasteiger partial charge in [0.25, 0.3) is 0 Å². The summed E-state index contributed by atoms with van der Waals surface area (Å²) in [5.74, 6) is -2.24. The molecular weight excluding hydrogens is 228 g/mol.